The molecule has 12 heavy (non-hydrogen) atoms. The topological polar surface area (TPSA) is 37.0 Å². The van der Waals surface area contributed by atoms with E-state index in [1.54, 1.807) is 12.1 Å². The Morgan fingerprint density at radius 3 is 1.83 bits per heavy atom. The maximum atomic E-state index is 10.6. The van der Waals surface area contributed by atoms with Crippen LogP contribution in [0, 0.1) is 0 Å². The Hall–Kier alpha value is 0.130. The fraction of sp³-hybridized carbons (Fsp3) is 0. The number of benzene rings is 1. The van der Waals surface area contributed by atoms with Crippen molar-refractivity contribution in [3.63, 3.8) is 0 Å². The predicted octanol–water partition coefficient (Wildman–Crippen LogP) is 3.54. The molecular formula is C7H2Br3O2. The van der Waals surface area contributed by atoms with Gasteiger partial charge in [0.15, 0.2) is 0 Å². The van der Waals surface area contributed by atoms with Gasteiger partial charge in [0.05, 0.1) is 5.56 Å². The van der Waals surface area contributed by atoms with Crippen molar-refractivity contribution in [2.24, 2.45) is 0 Å². The molecule has 0 aliphatic carbocycles. The largest absolute Gasteiger partial charge is 0.388 e. The standard InChI is InChI=1S/C7H2Br3O2/c8-3-1-4(9)6(7(11)12)5(10)2-3/h1-2H. The van der Waals surface area contributed by atoms with Crippen LogP contribution in [0.4, 0.5) is 0 Å². The van der Waals surface area contributed by atoms with Gasteiger partial charge >= 0.3 is 5.97 Å². The van der Waals surface area contributed by atoms with Gasteiger partial charge in [-0.2, -0.15) is 0 Å². The lowest BCUT2D eigenvalue weighted by Crippen LogP contribution is -1.97. The van der Waals surface area contributed by atoms with Crippen molar-refractivity contribution in [2.45, 2.75) is 0 Å². The van der Waals surface area contributed by atoms with E-state index in [4.69, 9.17) is 0 Å². The lowest BCUT2D eigenvalue weighted by molar-refractivity contribution is 0.0571. The van der Waals surface area contributed by atoms with Gasteiger partial charge < -0.3 is 0 Å². The molecule has 1 aromatic rings. The second-order valence-electron chi connectivity index (χ2n) is 2.03. The molecule has 0 aliphatic heterocycles. The number of halogens is 3. The Bertz CT molecular complexity index is 312. The van der Waals surface area contributed by atoms with Gasteiger partial charge in [-0.05, 0) is 44.0 Å². The summed E-state index contributed by atoms with van der Waals surface area (Å²) >= 11 is 9.46. The van der Waals surface area contributed by atoms with Gasteiger partial charge in [0.1, 0.15) is 0 Å². The third-order valence-corrected chi connectivity index (χ3v) is 2.92. The molecular weight excluding hydrogens is 356 g/mol. The monoisotopic (exact) mass is 355 g/mol. The molecule has 0 saturated heterocycles. The first-order valence-corrected chi connectivity index (χ1v) is 5.26. The van der Waals surface area contributed by atoms with Crippen molar-refractivity contribution in [2.75, 3.05) is 0 Å². The number of carbonyl (C=O) groups is 1. The lowest BCUT2D eigenvalue weighted by atomic mass is 10.2. The summed E-state index contributed by atoms with van der Waals surface area (Å²) < 4.78 is 1.78. The summed E-state index contributed by atoms with van der Waals surface area (Å²) in [6, 6.07) is 3.30. The second-order valence-corrected chi connectivity index (χ2v) is 4.66. The highest BCUT2D eigenvalue weighted by Gasteiger charge is 2.14. The summed E-state index contributed by atoms with van der Waals surface area (Å²) in [5.74, 6) is -1.21. The molecule has 1 radical (unpaired) electrons. The van der Waals surface area contributed by atoms with Gasteiger partial charge in [0, 0.05) is 13.4 Å². The molecule has 0 amide bonds. The van der Waals surface area contributed by atoms with Gasteiger partial charge in [-0.3, -0.25) is 0 Å². The molecule has 5 heteroatoms. The smallest absolute Gasteiger partial charge is 0.241 e. The Labute approximate surface area is 94.4 Å². The quantitative estimate of drug-likeness (QED) is 0.757. The molecule has 1 aromatic carbocycles. The normalized spacial score (nSPS) is 9.92. The molecule has 0 spiro atoms. The summed E-state index contributed by atoms with van der Waals surface area (Å²) in [6.07, 6.45) is 0. The van der Waals surface area contributed by atoms with Gasteiger partial charge in [-0.25, -0.2) is 9.90 Å². The van der Waals surface area contributed by atoms with Crippen LogP contribution in [0.25, 0.3) is 0 Å². The van der Waals surface area contributed by atoms with Crippen molar-refractivity contribution in [1.82, 2.24) is 0 Å². The highest BCUT2D eigenvalue weighted by atomic mass is 79.9. The summed E-state index contributed by atoms with van der Waals surface area (Å²) in [7, 11) is 0. The Morgan fingerprint density at radius 2 is 1.50 bits per heavy atom. The average molecular weight is 358 g/mol. The first kappa shape index (κ1) is 10.2. The molecule has 0 heterocycles. The van der Waals surface area contributed by atoms with Crippen LogP contribution in [0.15, 0.2) is 25.6 Å². The van der Waals surface area contributed by atoms with Crippen molar-refractivity contribution in [3.8, 4) is 0 Å². The predicted molar refractivity (Wildman–Crippen MR) is 54.6 cm³/mol. The van der Waals surface area contributed by atoms with Crippen LogP contribution in [0.2, 0.25) is 0 Å². The molecule has 0 atom stereocenters. The van der Waals surface area contributed by atoms with E-state index in [1.807, 2.05) is 0 Å². The summed E-state index contributed by atoms with van der Waals surface area (Å²) in [5.41, 5.74) is 0.123. The van der Waals surface area contributed by atoms with E-state index >= 15 is 0 Å². The van der Waals surface area contributed by atoms with Gasteiger partial charge in [0.2, 0.25) is 0 Å². The molecule has 2 nitrogen and oxygen atoms in total. The van der Waals surface area contributed by atoms with E-state index in [0.717, 1.165) is 4.47 Å². The van der Waals surface area contributed by atoms with E-state index < -0.39 is 5.97 Å². The molecule has 0 bridgehead atoms. The minimum absolute atomic E-state index is 0.123. The van der Waals surface area contributed by atoms with Gasteiger partial charge in [0.25, 0.3) is 0 Å². The van der Waals surface area contributed by atoms with Crippen LogP contribution in [0.3, 0.4) is 0 Å². The molecule has 0 saturated carbocycles. The minimum atomic E-state index is -1.21. The SMILES string of the molecule is [O]C(=O)c1c(Br)cc(Br)cc1Br. The maximum Gasteiger partial charge on any atom is 0.388 e. The average Bonchev–Trinajstić information content (AvgIpc) is 1.82. The molecule has 1 rings (SSSR count). The second kappa shape index (κ2) is 3.89. The van der Waals surface area contributed by atoms with E-state index in [-0.39, 0.29) is 5.56 Å². The fourth-order valence-electron chi connectivity index (χ4n) is 0.737. The molecule has 0 N–H and O–H groups in total. The third-order valence-electron chi connectivity index (χ3n) is 1.21. The molecule has 0 fully saturated rings. The zero-order valence-corrected chi connectivity index (χ0v) is 10.4. The third kappa shape index (κ3) is 2.08. The highest BCUT2D eigenvalue weighted by molar-refractivity contribution is 9.11. The zero-order chi connectivity index (χ0) is 9.30. The fourth-order valence-corrected chi connectivity index (χ4v) is 3.32. The van der Waals surface area contributed by atoms with Crippen LogP contribution in [0.1, 0.15) is 10.4 Å². The Balaban J connectivity index is 3.38. The van der Waals surface area contributed by atoms with E-state index in [9.17, 15) is 9.90 Å². The van der Waals surface area contributed by atoms with E-state index in [2.05, 4.69) is 47.8 Å². The first-order chi connectivity index (χ1) is 5.52. The molecule has 63 valence electrons. The summed E-state index contributed by atoms with van der Waals surface area (Å²) in [4.78, 5) is 10.6. The molecule has 0 unspecified atom stereocenters. The Morgan fingerprint density at radius 1 is 1.08 bits per heavy atom. The van der Waals surface area contributed by atoms with E-state index in [1.165, 1.54) is 0 Å². The number of rotatable bonds is 1. The van der Waals surface area contributed by atoms with Crippen LogP contribution < -0.4 is 0 Å². The van der Waals surface area contributed by atoms with Crippen molar-refractivity contribution >= 4 is 53.8 Å². The van der Waals surface area contributed by atoms with Crippen LogP contribution in [0.5, 0.6) is 0 Å². The number of hydrogen-bond donors (Lipinski definition) is 0. The number of carbonyl (C=O) groups excluding carboxylic acids is 1. The number of hydrogen-bond acceptors (Lipinski definition) is 1. The van der Waals surface area contributed by atoms with Crippen LogP contribution >= 0.6 is 47.8 Å². The van der Waals surface area contributed by atoms with E-state index in [0.29, 0.717) is 8.95 Å². The molecule has 0 aromatic heterocycles. The van der Waals surface area contributed by atoms with Crippen molar-refractivity contribution in [3.05, 3.63) is 31.1 Å². The van der Waals surface area contributed by atoms with Gasteiger partial charge in [-0.1, -0.05) is 15.9 Å². The minimum Gasteiger partial charge on any atom is -0.241 e. The van der Waals surface area contributed by atoms with Gasteiger partial charge in [-0.15, -0.1) is 0 Å². The summed E-state index contributed by atoms with van der Waals surface area (Å²) in [6.45, 7) is 0. The maximum absolute atomic E-state index is 10.6. The van der Waals surface area contributed by atoms with Crippen LogP contribution in [-0.4, -0.2) is 5.97 Å². The highest BCUT2D eigenvalue weighted by Crippen LogP contribution is 2.29. The molecule has 0 aliphatic rings. The van der Waals surface area contributed by atoms with Crippen molar-refractivity contribution < 1.29 is 9.90 Å². The van der Waals surface area contributed by atoms with Crippen LogP contribution in [-0.2, 0) is 5.11 Å². The summed E-state index contributed by atoms with van der Waals surface area (Å²) in [5, 5.41) is 10.6. The lowest BCUT2D eigenvalue weighted by Gasteiger charge is -2.00. The first-order valence-electron chi connectivity index (χ1n) is 2.88. The Kier molecular flexibility index (Phi) is 3.31. The zero-order valence-electron chi connectivity index (χ0n) is 5.61. The van der Waals surface area contributed by atoms with Crippen molar-refractivity contribution in [1.29, 1.82) is 0 Å².